The number of ether oxygens (including phenoxy) is 1. The van der Waals surface area contributed by atoms with Gasteiger partial charge < -0.3 is 10.1 Å². The van der Waals surface area contributed by atoms with Gasteiger partial charge in [0, 0.05) is 25.7 Å². The van der Waals surface area contributed by atoms with Crippen LogP contribution in [0.25, 0.3) is 0 Å². The van der Waals surface area contributed by atoms with Crippen LogP contribution < -0.4 is 5.32 Å². The molecule has 0 aromatic heterocycles. The Kier molecular flexibility index (Phi) is 6.15. The summed E-state index contributed by atoms with van der Waals surface area (Å²) in [6.45, 7) is 3.52. The molecule has 0 unspecified atom stereocenters. The highest BCUT2D eigenvalue weighted by molar-refractivity contribution is 7.89. The van der Waals surface area contributed by atoms with Crippen molar-refractivity contribution in [2.24, 2.45) is 0 Å². The average Bonchev–Trinajstić information content (AvgIpc) is 2.47. The maximum atomic E-state index is 12.6. The van der Waals surface area contributed by atoms with Crippen molar-refractivity contribution >= 4 is 28.4 Å². The van der Waals surface area contributed by atoms with Crippen LogP contribution in [0.4, 0.5) is 0 Å². The third-order valence-corrected chi connectivity index (χ3v) is 5.31. The third kappa shape index (κ3) is 3.74. The molecule has 118 valence electrons. The van der Waals surface area contributed by atoms with E-state index in [4.69, 9.17) is 0 Å². The second kappa shape index (κ2) is 7.22. The van der Waals surface area contributed by atoms with Crippen LogP contribution in [0.1, 0.15) is 17.3 Å². The molecule has 1 aromatic rings. The van der Waals surface area contributed by atoms with Gasteiger partial charge in [-0.25, -0.2) is 13.2 Å². The van der Waals surface area contributed by atoms with Gasteiger partial charge in [0.05, 0.1) is 17.6 Å². The van der Waals surface area contributed by atoms with Crippen molar-refractivity contribution in [2.45, 2.75) is 17.9 Å². The largest absolute Gasteiger partial charge is 0.465 e. The fraction of sp³-hybridized carbons (Fsp3) is 0.462. The Morgan fingerprint density at radius 3 is 2.76 bits per heavy atom. The number of hydrogen-bond acceptors (Lipinski definition) is 5. The van der Waals surface area contributed by atoms with E-state index in [1.54, 1.807) is 6.07 Å². The summed E-state index contributed by atoms with van der Waals surface area (Å²) in [7, 11) is -2.32. The van der Waals surface area contributed by atoms with Crippen molar-refractivity contribution in [1.29, 1.82) is 0 Å². The topological polar surface area (TPSA) is 75.7 Å². The first kappa shape index (κ1) is 17.9. The summed E-state index contributed by atoms with van der Waals surface area (Å²) in [6.07, 6.45) is 0. The van der Waals surface area contributed by atoms with E-state index in [0.717, 1.165) is 0 Å². The molecule has 6 nitrogen and oxygen atoms in total. The van der Waals surface area contributed by atoms with Crippen LogP contribution in [-0.2, 0) is 14.8 Å². The molecular weight excluding hydrogens is 316 g/mol. The maximum absolute atomic E-state index is 12.6. The molecule has 0 amide bonds. The minimum Gasteiger partial charge on any atom is -0.465 e. The van der Waals surface area contributed by atoms with Crippen LogP contribution in [0.2, 0.25) is 0 Å². The van der Waals surface area contributed by atoms with Crippen molar-refractivity contribution in [3.63, 3.8) is 0 Å². The van der Waals surface area contributed by atoms with Gasteiger partial charge in [0.1, 0.15) is 0 Å². The number of benzene rings is 1. The number of halogens is 1. The maximum Gasteiger partial charge on any atom is 0.337 e. The SMILES string of the molecule is COC(=O)c1cccc(S(=O)(=O)N2CCNC[C@@H]2C)c1.Cl. The van der Waals surface area contributed by atoms with E-state index < -0.39 is 16.0 Å². The first-order chi connectivity index (χ1) is 9.46. The van der Waals surface area contributed by atoms with E-state index in [9.17, 15) is 13.2 Å². The number of esters is 1. The molecule has 0 aliphatic carbocycles. The summed E-state index contributed by atoms with van der Waals surface area (Å²) in [5.74, 6) is -0.546. The van der Waals surface area contributed by atoms with Gasteiger partial charge in [0.2, 0.25) is 10.0 Å². The average molecular weight is 335 g/mol. The highest BCUT2D eigenvalue weighted by Gasteiger charge is 2.31. The number of hydrogen-bond donors (Lipinski definition) is 1. The lowest BCUT2D eigenvalue weighted by Crippen LogP contribution is -2.52. The van der Waals surface area contributed by atoms with Gasteiger partial charge in [0.25, 0.3) is 0 Å². The minimum absolute atomic E-state index is 0. The fourth-order valence-electron chi connectivity index (χ4n) is 2.22. The second-order valence-corrected chi connectivity index (χ2v) is 6.58. The van der Waals surface area contributed by atoms with E-state index >= 15 is 0 Å². The zero-order valence-electron chi connectivity index (χ0n) is 11.9. The lowest BCUT2D eigenvalue weighted by Gasteiger charge is -2.32. The number of sulfonamides is 1. The Bertz CT molecular complexity index is 606. The van der Waals surface area contributed by atoms with Gasteiger partial charge in [-0.1, -0.05) is 6.07 Å². The zero-order valence-corrected chi connectivity index (χ0v) is 13.5. The number of carbonyl (C=O) groups excluding carboxylic acids is 1. The molecule has 1 aliphatic heterocycles. The molecule has 2 rings (SSSR count). The number of carbonyl (C=O) groups is 1. The summed E-state index contributed by atoms with van der Waals surface area (Å²) >= 11 is 0. The molecule has 8 heteroatoms. The van der Waals surface area contributed by atoms with Crippen molar-refractivity contribution in [3.8, 4) is 0 Å². The number of piperazine rings is 1. The fourth-order valence-corrected chi connectivity index (χ4v) is 3.89. The Balaban J connectivity index is 0.00000220. The van der Waals surface area contributed by atoms with Gasteiger partial charge in [0.15, 0.2) is 0 Å². The van der Waals surface area contributed by atoms with E-state index in [1.807, 2.05) is 6.92 Å². The zero-order chi connectivity index (χ0) is 14.8. The predicted octanol–water partition coefficient (Wildman–Crippen LogP) is 0.877. The molecule has 0 spiro atoms. The minimum atomic E-state index is -3.59. The molecule has 1 N–H and O–H groups in total. The molecule has 1 saturated heterocycles. The van der Waals surface area contributed by atoms with Crippen LogP contribution in [0.5, 0.6) is 0 Å². The molecule has 0 radical (unpaired) electrons. The molecular formula is C13H19ClN2O4S. The van der Waals surface area contributed by atoms with Gasteiger partial charge >= 0.3 is 5.97 Å². The molecule has 1 fully saturated rings. The van der Waals surface area contributed by atoms with Crippen LogP contribution >= 0.6 is 12.4 Å². The third-order valence-electron chi connectivity index (χ3n) is 3.30. The quantitative estimate of drug-likeness (QED) is 0.830. The van der Waals surface area contributed by atoms with E-state index in [1.165, 1.54) is 29.6 Å². The smallest absolute Gasteiger partial charge is 0.337 e. The van der Waals surface area contributed by atoms with E-state index in [2.05, 4.69) is 10.1 Å². The van der Waals surface area contributed by atoms with Crippen molar-refractivity contribution < 1.29 is 17.9 Å². The van der Waals surface area contributed by atoms with Crippen molar-refractivity contribution in [1.82, 2.24) is 9.62 Å². The molecule has 0 saturated carbocycles. The first-order valence-electron chi connectivity index (χ1n) is 6.38. The van der Waals surface area contributed by atoms with Crippen LogP contribution in [0.3, 0.4) is 0 Å². The van der Waals surface area contributed by atoms with Crippen LogP contribution in [0, 0.1) is 0 Å². The number of rotatable bonds is 3. The summed E-state index contributed by atoms with van der Waals surface area (Å²) in [5.41, 5.74) is 0.233. The van der Waals surface area contributed by atoms with E-state index in [-0.39, 0.29) is 28.9 Å². The Morgan fingerprint density at radius 2 is 2.14 bits per heavy atom. The lowest BCUT2D eigenvalue weighted by atomic mass is 10.2. The molecule has 1 aromatic carbocycles. The molecule has 0 bridgehead atoms. The van der Waals surface area contributed by atoms with E-state index in [0.29, 0.717) is 19.6 Å². The molecule has 1 atom stereocenters. The van der Waals surface area contributed by atoms with Gasteiger partial charge in [-0.2, -0.15) is 4.31 Å². The summed E-state index contributed by atoms with van der Waals surface area (Å²) in [6, 6.07) is 5.82. The predicted molar refractivity (Wildman–Crippen MR) is 81.3 cm³/mol. The number of nitrogens with one attached hydrogen (secondary N) is 1. The number of nitrogens with zero attached hydrogens (tertiary/aromatic N) is 1. The molecule has 1 heterocycles. The normalized spacial score (nSPS) is 19.6. The second-order valence-electron chi connectivity index (χ2n) is 4.69. The van der Waals surface area contributed by atoms with Gasteiger partial charge in [-0.05, 0) is 25.1 Å². The summed E-state index contributed by atoms with van der Waals surface area (Å²) < 4.78 is 31.3. The van der Waals surface area contributed by atoms with Gasteiger partial charge in [-0.3, -0.25) is 0 Å². The monoisotopic (exact) mass is 334 g/mol. The Hall–Kier alpha value is -1.15. The van der Waals surface area contributed by atoms with Crippen molar-refractivity contribution in [2.75, 3.05) is 26.7 Å². The highest BCUT2D eigenvalue weighted by atomic mass is 35.5. The Labute approximate surface area is 130 Å². The van der Waals surface area contributed by atoms with Crippen LogP contribution in [0.15, 0.2) is 29.2 Å². The Morgan fingerprint density at radius 1 is 1.43 bits per heavy atom. The van der Waals surface area contributed by atoms with Gasteiger partial charge in [-0.15, -0.1) is 12.4 Å². The summed E-state index contributed by atoms with van der Waals surface area (Å²) in [4.78, 5) is 11.6. The first-order valence-corrected chi connectivity index (χ1v) is 7.82. The van der Waals surface area contributed by atoms with Crippen molar-refractivity contribution in [3.05, 3.63) is 29.8 Å². The lowest BCUT2D eigenvalue weighted by molar-refractivity contribution is 0.0600. The number of methoxy groups -OCH3 is 1. The highest BCUT2D eigenvalue weighted by Crippen LogP contribution is 2.20. The van der Waals surface area contributed by atoms with Crippen LogP contribution in [-0.4, -0.2) is 51.5 Å². The summed E-state index contributed by atoms with van der Waals surface area (Å²) in [5, 5.41) is 3.15. The molecule has 1 aliphatic rings. The molecule has 21 heavy (non-hydrogen) atoms. The standard InChI is InChI=1S/C13H18N2O4S.ClH/c1-10-9-14-6-7-15(10)20(17,18)12-5-3-4-11(8-12)13(16)19-2;/h3-5,8,10,14H,6-7,9H2,1-2H3;1H/t10-;/m0./s1.